The van der Waals surface area contributed by atoms with Crippen LogP contribution < -0.4 is 0 Å². The summed E-state index contributed by atoms with van der Waals surface area (Å²) in [5.74, 6) is 0.230. The van der Waals surface area contributed by atoms with Crippen molar-refractivity contribution in [3.05, 3.63) is 0 Å². The second-order valence-electron chi connectivity index (χ2n) is 4.34. The van der Waals surface area contributed by atoms with E-state index in [4.69, 9.17) is 4.74 Å². The molecule has 1 heterocycles. The minimum atomic E-state index is -0.566. The van der Waals surface area contributed by atoms with Gasteiger partial charge in [0.1, 0.15) is 5.60 Å². The molecule has 1 saturated heterocycles. The van der Waals surface area contributed by atoms with Gasteiger partial charge in [0.25, 0.3) is 0 Å². The van der Waals surface area contributed by atoms with E-state index < -0.39 is 5.60 Å². The number of Topliss-reactive ketones (excluding diaryl/α,β-unsaturated/α-hetero) is 1. The number of carbonyl (C=O) groups is 1. The van der Waals surface area contributed by atoms with Gasteiger partial charge in [-0.05, 0) is 33.6 Å². The number of ketones is 1. The molecule has 0 N–H and O–H groups in total. The van der Waals surface area contributed by atoms with Gasteiger partial charge in [-0.15, -0.1) is 0 Å². The Morgan fingerprint density at radius 1 is 1.42 bits per heavy atom. The van der Waals surface area contributed by atoms with E-state index in [0.717, 1.165) is 12.8 Å². The Morgan fingerprint density at radius 2 is 2.00 bits per heavy atom. The maximum Gasteiger partial charge on any atom is 0.164 e. The molecule has 12 heavy (non-hydrogen) atoms. The third-order valence-corrected chi connectivity index (χ3v) is 2.80. The first-order valence-electron chi connectivity index (χ1n) is 4.63. The van der Waals surface area contributed by atoms with E-state index in [9.17, 15) is 4.79 Å². The van der Waals surface area contributed by atoms with Crippen LogP contribution in [0, 0.1) is 0 Å². The molecule has 1 fully saturated rings. The van der Waals surface area contributed by atoms with E-state index >= 15 is 0 Å². The summed E-state index contributed by atoms with van der Waals surface area (Å²) < 4.78 is 5.77. The Hall–Kier alpha value is -0.370. The van der Waals surface area contributed by atoms with Gasteiger partial charge in [-0.2, -0.15) is 0 Å². The van der Waals surface area contributed by atoms with Gasteiger partial charge < -0.3 is 4.74 Å². The largest absolute Gasteiger partial charge is 0.362 e. The van der Waals surface area contributed by atoms with Crippen molar-refractivity contribution >= 4 is 5.78 Å². The zero-order valence-electron chi connectivity index (χ0n) is 8.44. The lowest BCUT2D eigenvalue weighted by Gasteiger charge is -2.41. The van der Waals surface area contributed by atoms with Crippen molar-refractivity contribution < 1.29 is 9.53 Å². The van der Waals surface area contributed by atoms with Crippen LogP contribution in [0.15, 0.2) is 0 Å². The summed E-state index contributed by atoms with van der Waals surface area (Å²) in [6.45, 7) is 7.91. The third-order valence-electron chi connectivity index (χ3n) is 2.80. The van der Waals surface area contributed by atoms with E-state index in [-0.39, 0.29) is 11.4 Å². The van der Waals surface area contributed by atoms with Gasteiger partial charge in [0.2, 0.25) is 0 Å². The smallest absolute Gasteiger partial charge is 0.164 e. The molecule has 2 heteroatoms. The van der Waals surface area contributed by atoms with Gasteiger partial charge in [-0.1, -0.05) is 6.92 Å². The molecule has 1 aliphatic rings. The monoisotopic (exact) mass is 170 g/mol. The van der Waals surface area contributed by atoms with Crippen LogP contribution in [0.4, 0.5) is 0 Å². The van der Waals surface area contributed by atoms with Gasteiger partial charge in [0.15, 0.2) is 5.78 Å². The summed E-state index contributed by atoms with van der Waals surface area (Å²) in [4.78, 5) is 11.4. The molecule has 0 aromatic carbocycles. The zero-order valence-corrected chi connectivity index (χ0v) is 8.44. The summed E-state index contributed by atoms with van der Waals surface area (Å²) >= 11 is 0. The molecule has 0 aromatic heterocycles. The highest BCUT2D eigenvalue weighted by Crippen LogP contribution is 2.34. The maximum atomic E-state index is 11.4. The molecule has 0 radical (unpaired) electrons. The van der Waals surface area contributed by atoms with Crippen LogP contribution in [0.1, 0.15) is 47.0 Å². The highest BCUT2D eigenvalue weighted by molar-refractivity contribution is 5.87. The molecule has 1 rings (SSSR count). The highest BCUT2D eigenvalue weighted by Gasteiger charge is 2.41. The molecule has 0 bridgehead atoms. The van der Waals surface area contributed by atoms with E-state index in [1.165, 1.54) is 0 Å². The molecule has 0 aliphatic carbocycles. The van der Waals surface area contributed by atoms with Crippen LogP contribution in [0.3, 0.4) is 0 Å². The van der Waals surface area contributed by atoms with Crippen molar-refractivity contribution in [2.45, 2.75) is 58.2 Å². The van der Waals surface area contributed by atoms with Gasteiger partial charge >= 0.3 is 0 Å². The summed E-state index contributed by atoms with van der Waals surface area (Å²) in [6, 6.07) is 0. The number of hydrogen-bond acceptors (Lipinski definition) is 2. The maximum absolute atomic E-state index is 11.4. The Balaban J connectivity index is 2.75. The van der Waals surface area contributed by atoms with Crippen molar-refractivity contribution in [2.24, 2.45) is 0 Å². The molecule has 70 valence electrons. The minimum absolute atomic E-state index is 0.0859. The van der Waals surface area contributed by atoms with Gasteiger partial charge in [0.05, 0.1) is 5.60 Å². The van der Waals surface area contributed by atoms with Crippen molar-refractivity contribution in [2.75, 3.05) is 0 Å². The summed E-state index contributed by atoms with van der Waals surface area (Å²) in [5, 5.41) is 0. The summed E-state index contributed by atoms with van der Waals surface area (Å²) in [5.41, 5.74) is -0.652. The standard InChI is InChI=1S/C10H18O2/c1-5-10(4)7-6-8(11)9(2,3)12-10/h5-7H2,1-4H3/t10-/m0/s1. The highest BCUT2D eigenvalue weighted by atomic mass is 16.5. The van der Waals surface area contributed by atoms with E-state index in [0.29, 0.717) is 6.42 Å². The lowest BCUT2D eigenvalue weighted by Crippen LogP contribution is -2.49. The number of hydrogen-bond donors (Lipinski definition) is 0. The predicted octanol–water partition coefficient (Wildman–Crippen LogP) is 2.31. The lowest BCUT2D eigenvalue weighted by atomic mass is 9.85. The fourth-order valence-corrected chi connectivity index (χ4v) is 1.65. The predicted molar refractivity (Wildman–Crippen MR) is 48.1 cm³/mol. The van der Waals surface area contributed by atoms with Crippen molar-refractivity contribution in [3.8, 4) is 0 Å². The summed E-state index contributed by atoms with van der Waals surface area (Å²) in [6.07, 6.45) is 2.51. The first-order chi connectivity index (χ1) is 5.40. The Kier molecular flexibility index (Phi) is 2.30. The third kappa shape index (κ3) is 1.69. The molecular weight excluding hydrogens is 152 g/mol. The average molecular weight is 170 g/mol. The molecule has 0 aromatic rings. The fraction of sp³-hybridized carbons (Fsp3) is 0.900. The Morgan fingerprint density at radius 3 is 2.42 bits per heavy atom. The average Bonchev–Trinajstić information content (AvgIpc) is 1.97. The van der Waals surface area contributed by atoms with Gasteiger partial charge in [0, 0.05) is 6.42 Å². The normalized spacial score (nSPS) is 35.2. The number of ether oxygens (including phenoxy) is 1. The summed E-state index contributed by atoms with van der Waals surface area (Å²) in [7, 11) is 0. The van der Waals surface area contributed by atoms with Gasteiger partial charge in [-0.3, -0.25) is 4.79 Å². The van der Waals surface area contributed by atoms with Crippen LogP contribution >= 0.6 is 0 Å². The molecule has 1 atom stereocenters. The Labute approximate surface area is 74.3 Å². The van der Waals surface area contributed by atoms with E-state index in [2.05, 4.69) is 13.8 Å². The minimum Gasteiger partial charge on any atom is -0.362 e. The lowest BCUT2D eigenvalue weighted by molar-refractivity contribution is -0.180. The molecule has 0 amide bonds. The van der Waals surface area contributed by atoms with E-state index in [1.54, 1.807) is 0 Å². The van der Waals surface area contributed by atoms with Crippen LogP contribution in [0.2, 0.25) is 0 Å². The molecule has 2 nitrogen and oxygen atoms in total. The number of carbonyl (C=O) groups excluding carboxylic acids is 1. The first kappa shape index (κ1) is 9.72. The topological polar surface area (TPSA) is 26.3 Å². The SMILES string of the molecule is CC[C@@]1(C)CCC(=O)C(C)(C)O1. The molecular formula is C10H18O2. The molecule has 0 spiro atoms. The quantitative estimate of drug-likeness (QED) is 0.603. The molecule has 0 saturated carbocycles. The van der Waals surface area contributed by atoms with Crippen LogP contribution in [-0.4, -0.2) is 17.0 Å². The van der Waals surface area contributed by atoms with Gasteiger partial charge in [-0.25, -0.2) is 0 Å². The second-order valence-corrected chi connectivity index (χ2v) is 4.34. The first-order valence-corrected chi connectivity index (χ1v) is 4.63. The molecule has 1 aliphatic heterocycles. The second kappa shape index (κ2) is 2.84. The zero-order chi connectivity index (χ0) is 9.41. The van der Waals surface area contributed by atoms with Crippen LogP contribution in [-0.2, 0) is 9.53 Å². The van der Waals surface area contributed by atoms with Crippen LogP contribution in [0.25, 0.3) is 0 Å². The van der Waals surface area contributed by atoms with Crippen molar-refractivity contribution in [1.82, 2.24) is 0 Å². The Bertz CT molecular complexity index is 196. The van der Waals surface area contributed by atoms with E-state index in [1.807, 2.05) is 13.8 Å². The van der Waals surface area contributed by atoms with Crippen molar-refractivity contribution in [1.29, 1.82) is 0 Å². The molecule has 0 unspecified atom stereocenters. The van der Waals surface area contributed by atoms with Crippen molar-refractivity contribution in [3.63, 3.8) is 0 Å². The fourth-order valence-electron chi connectivity index (χ4n) is 1.65. The van der Waals surface area contributed by atoms with Crippen LogP contribution in [0.5, 0.6) is 0 Å². The number of rotatable bonds is 1.